The lowest BCUT2D eigenvalue weighted by molar-refractivity contribution is 0.0746. The Morgan fingerprint density at radius 2 is 2.22 bits per heavy atom. The Balaban J connectivity index is 2.30. The fraction of sp³-hybridized carbons (Fsp3) is 0.350. The average molecular weight is 388 g/mol. The molecular weight excluding hydrogens is 366 g/mol. The summed E-state index contributed by atoms with van der Waals surface area (Å²) >= 11 is 6.32. The molecule has 0 saturated carbocycles. The minimum atomic E-state index is -0.239. The topological polar surface area (TPSA) is 75.5 Å². The van der Waals surface area contributed by atoms with Gasteiger partial charge in [0.05, 0.1) is 31.2 Å². The second kappa shape index (κ2) is 10.4. The highest BCUT2D eigenvalue weighted by Crippen LogP contribution is 2.37. The molecule has 0 spiro atoms. The number of halogens is 1. The molecule has 0 N–H and O–H groups in total. The van der Waals surface area contributed by atoms with Crippen LogP contribution in [0.1, 0.15) is 35.7 Å². The third kappa shape index (κ3) is 5.60. The van der Waals surface area contributed by atoms with Gasteiger partial charge >= 0.3 is 0 Å². The molecule has 142 valence electrons. The van der Waals surface area contributed by atoms with Crippen LogP contribution in [0.4, 0.5) is 0 Å². The van der Waals surface area contributed by atoms with Gasteiger partial charge in [0.25, 0.3) is 5.91 Å². The number of hydrogen-bond donors (Lipinski definition) is 0. The Morgan fingerprint density at radius 1 is 1.41 bits per heavy atom. The highest BCUT2D eigenvalue weighted by atomic mass is 35.5. The predicted molar refractivity (Wildman–Crippen MR) is 103 cm³/mol. The van der Waals surface area contributed by atoms with Crippen LogP contribution in [0.15, 0.2) is 36.7 Å². The SMILES string of the molecule is CCCOc1c(Cl)cc(C(=O)N(CCC#N)Cc2cccnc2)cc1OC. The van der Waals surface area contributed by atoms with E-state index in [4.69, 9.17) is 26.3 Å². The largest absolute Gasteiger partial charge is 0.493 e. The van der Waals surface area contributed by atoms with E-state index in [2.05, 4.69) is 11.1 Å². The number of rotatable bonds is 9. The molecule has 0 saturated heterocycles. The summed E-state index contributed by atoms with van der Waals surface area (Å²) in [6, 6.07) is 8.95. The van der Waals surface area contributed by atoms with Gasteiger partial charge < -0.3 is 14.4 Å². The highest BCUT2D eigenvalue weighted by Gasteiger charge is 2.20. The van der Waals surface area contributed by atoms with Crippen LogP contribution >= 0.6 is 11.6 Å². The van der Waals surface area contributed by atoms with Gasteiger partial charge in [-0.2, -0.15) is 5.26 Å². The van der Waals surface area contributed by atoms with Crippen molar-refractivity contribution in [3.05, 3.63) is 52.8 Å². The monoisotopic (exact) mass is 387 g/mol. The van der Waals surface area contributed by atoms with Crippen LogP contribution in [0.3, 0.4) is 0 Å². The number of pyridine rings is 1. The number of ether oxygens (including phenoxy) is 2. The van der Waals surface area contributed by atoms with E-state index in [-0.39, 0.29) is 12.3 Å². The van der Waals surface area contributed by atoms with Crippen molar-refractivity contribution in [2.24, 2.45) is 0 Å². The van der Waals surface area contributed by atoms with E-state index in [9.17, 15) is 4.79 Å². The van der Waals surface area contributed by atoms with E-state index >= 15 is 0 Å². The molecule has 27 heavy (non-hydrogen) atoms. The Labute approximate surface area is 164 Å². The predicted octanol–water partition coefficient (Wildman–Crippen LogP) is 4.09. The Bertz CT molecular complexity index is 806. The fourth-order valence-electron chi connectivity index (χ4n) is 2.52. The number of benzene rings is 1. The standard InChI is InChI=1S/C20H22ClN3O3/c1-3-10-27-19-17(21)11-16(12-18(19)26-2)20(25)24(9-5-7-22)14-15-6-4-8-23-13-15/h4,6,8,11-13H,3,5,9-10,14H2,1-2H3. The van der Waals surface area contributed by atoms with Crippen LogP contribution in [0.5, 0.6) is 11.5 Å². The van der Waals surface area contributed by atoms with Gasteiger partial charge in [0.2, 0.25) is 0 Å². The van der Waals surface area contributed by atoms with E-state index in [0.29, 0.717) is 41.8 Å². The first kappa shape index (κ1) is 20.5. The van der Waals surface area contributed by atoms with Crippen LogP contribution in [-0.2, 0) is 6.54 Å². The molecule has 1 aromatic heterocycles. The maximum absolute atomic E-state index is 13.0. The van der Waals surface area contributed by atoms with Crippen LogP contribution < -0.4 is 9.47 Å². The number of carbonyl (C=O) groups excluding carboxylic acids is 1. The molecule has 1 heterocycles. The summed E-state index contributed by atoms with van der Waals surface area (Å²) in [7, 11) is 1.50. The summed E-state index contributed by atoms with van der Waals surface area (Å²) in [5, 5.41) is 9.23. The number of hydrogen-bond acceptors (Lipinski definition) is 5. The highest BCUT2D eigenvalue weighted by molar-refractivity contribution is 6.32. The molecule has 2 aromatic rings. The molecule has 0 fully saturated rings. The lowest BCUT2D eigenvalue weighted by Crippen LogP contribution is -2.31. The summed E-state index contributed by atoms with van der Waals surface area (Å²) in [6.45, 7) is 3.14. The van der Waals surface area contributed by atoms with E-state index in [1.165, 1.54) is 7.11 Å². The van der Waals surface area contributed by atoms with Gasteiger partial charge in [-0.1, -0.05) is 24.6 Å². The Hall–Kier alpha value is -2.78. The van der Waals surface area contributed by atoms with Gasteiger partial charge in [0.1, 0.15) is 0 Å². The van der Waals surface area contributed by atoms with Crippen molar-refractivity contribution in [2.45, 2.75) is 26.3 Å². The van der Waals surface area contributed by atoms with Crippen molar-refractivity contribution in [1.29, 1.82) is 5.26 Å². The minimum Gasteiger partial charge on any atom is -0.493 e. The first-order chi connectivity index (χ1) is 13.1. The second-order valence-electron chi connectivity index (χ2n) is 5.83. The molecular formula is C20H22ClN3O3. The Morgan fingerprint density at radius 3 is 2.85 bits per heavy atom. The molecule has 0 aliphatic rings. The number of aromatic nitrogens is 1. The van der Waals surface area contributed by atoms with Crippen molar-refractivity contribution >= 4 is 17.5 Å². The second-order valence-corrected chi connectivity index (χ2v) is 6.24. The molecule has 0 radical (unpaired) electrons. The first-order valence-corrected chi connectivity index (χ1v) is 9.04. The summed E-state index contributed by atoms with van der Waals surface area (Å²) < 4.78 is 11.0. The number of methoxy groups -OCH3 is 1. The van der Waals surface area contributed by atoms with Crippen LogP contribution in [-0.4, -0.2) is 36.1 Å². The number of carbonyl (C=O) groups is 1. The molecule has 0 bridgehead atoms. The van der Waals surface area contributed by atoms with Crippen molar-refractivity contribution in [3.8, 4) is 17.6 Å². The zero-order valence-corrected chi connectivity index (χ0v) is 16.2. The fourth-order valence-corrected chi connectivity index (χ4v) is 2.78. The average Bonchev–Trinajstić information content (AvgIpc) is 2.69. The third-order valence-electron chi connectivity index (χ3n) is 3.80. The first-order valence-electron chi connectivity index (χ1n) is 8.66. The minimum absolute atomic E-state index is 0.231. The zero-order chi connectivity index (χ0) is 19.6. The normalized spacial score (nSPS) is 10.1. The van der Waals surface area contributed by atoms with E-state index in [1.54, 1.807) is 29.4 Å². The van der Waals surface area contributed by atoms with Gasteiger partial charge in [-0.25, -0.2) is 0 Å². The quantitative estimate of drug-likeness (QED) is 0.647. The van der Waals surface area contributed by atoms with Crippen LogP contribution in [0, 0.1) is 11.3 Å². The summed E-state index contributed by atoms with van der Waals surface area (Å²) in [5.74, 6) is 0.589. The third-order valence-corrected chi connectivity index (χ3v) is 4.08. The lowest BCUT2D eigenvalue weighted by atomic mass is 10.1. The molecule has 6 nitrogen and oxygen atoms in total. The van der Waals surface area contributed by atoms with Crippen molar-refractivity contribution in [2.75, 3.05) is 20.3 Å². The molecule has 0 aliphatic carbocycles. The maximum atomic E-state index is 13.0. The molecule has 1 aromatic carbocycles. The van der Waals surface area contributed by atoms with Gasteiger partial charge in [-0.05, 0) is 30.2 Å². The molecule has 7 heteroatoms. The van der Waals surface area contributed by atoms with Crippen molar-refractivity contribution < 1.29 is 14.3 Å². The Kier molecular flexibility index (Phi) is 7.90. The molecule has 1 amide bonds. The summed E-state index contributed by atoms with van der Waals surface area (Å²) in [5.41, 5.74) is 1.26. The lowest BCUT2D eigenvalue weighted by Gasteiger charge is -2.22. The van der Waals surface area contributed by atoms with E-state index in [1.807, 2.05) is 19.1 Å². The van der Waals surface area contributed by atoms with Gasteiger partial charge in [0.15, 0.2) is 11.5 Å². The summed E-state index contributed by atoms with van der Waals surface area (Å²) in [6.07, 6.45) is 4.42. The zero-order valence-electron chi connectivity index (χ0n) is 15.4. The molecule has 0 aliphatic heterocycles. The summed E-state index contributed by atoms with van der Waals surface area (Å²) in [4.78, 5) is 18.7. The molecule has 2 rings (SSSR count). The van der Waals surface area contributed by atoms with Gasteiger partial charge in [-0.15, -0.1) is 0 Å². The van der Waals surface area contributed by atoms with Crippen LogP contribution in [0.25, 0.3) is 0 Å². The number of amides is 1. The molecule has 0 unspecified atom stereocenters. The van der Waals surface area contributed by atoms with Crippen molar-refractivity contribution in [3.63, 3.8) is 0 Å². The maximum Gasteiger partial charge on any atom is 0.254 e. The van der Waals surface area contributed by atoms with Gasteiger partial charge in [0, 0.05) is 31.0 Å². The number of nitriles is 1. The smallest absolute Gasteiger partial charge is 0.254 e. The molecule has 0 atom stereocenters. The number of nitrogens with zero attached hydrogens (tertiary/aromatic N) is 3. The van der Waals surface area contributed by atoms with Crippen LogP contribution in [0.2, 0.25) is 5.02 Å². The van der Waals surface area contributed by atoms with Crippen molar-refractivity contribution in [1.82, 2.24) is 9.88 Å². The van der Waals surface area contributed by atoms with E-state index < -0.39 is 0 Å². The van der Waals surface area contributed by atoms with E-state index in [0.717, 1.165) is 12.0 Å². The van der Waals surface area contributed by atoms with Gasteiger partial charge in [-0.3, -0.25) is 9.78 Å².